The summed E-state index contributed by atoms with van der Waals surface area (Å²) >= 11 is 0. The highest BCUT2D eigenvalue weighted by molar-refractivity contribution is 5.06. The van der Waals surface area contributed by atoms with Crippen LogP contribution in [0.4, 0.5) is 0 Å². The van der Waals surface area contributed by atoms with E-state index in [1.54, 1.807) is 0 Å². The van der Waals surface area contributed by atoms with Crippen molar-refractivity contribution in [2.45, 2.75) is 32.4 Å². The SMILES string of the molecule is C=C(C)C(O)C(C)(C)N(C)C. The maximum absolute atomic E-state index is 9.68. The minimum atomic E-state index is -0.461. The van der Waals surface area contributed by atoms with Crippen LogP contribution < -0.4 is 0 Å². The Balaban J connectivity index is 4.41. The van der Waals surface area contributed by atoms with Gasteiger partial charge >= 0.3 is 0 Å². The summed E-state index contributed by atoms with van der Waals surface area (Å²) < 4.78 is 0. The summed E-state index contributed by atoms with van der Waals surface area (Å²) in [5.74, 6) is 0. The Morgan fingerprint density at radius 1 is 1.45 bits per heavy atom. The van der Waals surface area contributed by atoms with Gasteiger partial charge in [0.25, 0.3) is 0 Å². The number of hydrogen-bond donors (Lipinski definition) is 1. The third-order valence-corrected chi connectivity index (χ3v) is 2.29. The van der Waals surface area contributed by atoms with Gasteiger partial charge in [-0.05, 0) is 34.9 Å². The molecule has 0 bridgehead atoms. The standard InChI is InChI=1S/C9H19NO/c1-7(2)8(11)9(3,4)10(5)6/h8,11H,1H2,2-6H3. The molecule has 0 aromatic heterocycles. The first-order chi connectivity index (χ1) is 4.80. The van der Waals surface area contributed by atoms with Gasteiger partial charge in [-0.1, -0.05) is 12.2 Å². The molecule has 2 heteroatoms. The first-order valence-electron chi connectivity index (χ1n) is 3.81. The summed E-state index contributed by atoms with van der Waals surface area (Å²) in [6, 6.07) is 0. The molecule has 0 aromatic carbocycles. The molecule has 0 fully saturated rings. The van der Waals surface area contributed by atoms with Crippen LogP contribution in [0.25, 0.3) is 0 Å². The predicted molar refractivity (Wildman–Crippen MR) is 48.6 cm³/mol. The van der Waals surface area contributed by atoms with Crippen molar-refractivity contribution in [1.82, 2.24) is 4.90 Å². The van der Waals surface area contributed by atoms with E-state index < -0.39 is 6.10 Å². The van der Waals surface area contributed by atoms with Gasteiger partial charge in [-0.3, -0.25) is 0 Å². The summed E-state index contributed by atoms with van der Waals surface area (Å²) in [7, 11) is 3.90. The average Bonchev–Trinajstić information content (AvgIpc) is 1.85. The average molecular weight is 157 g/mol. The molecule has 66 valence electrons. The van der Waals surface area contributed by atoms with E-state index in [1.807, 2.05) is 39.8 Å². The highest BCUT2D eigenvalue weighted by atomic mass is 16.3. The molecule has 0 saturated carbocycles. The van der Waals surface area contributed by atoms with Crippen LogP contribution in [0.5, 0.6) is 0 Å². The fraction of sp³-hybridized carbons (Fsp3) is 0.778. The van der Waals surface area contributed by atoms with Gasteiger partial charge in [-0.2, -0.15) is 0 Å². The molecule has 0 radical (unpaired) electrons. The highest BCUT2D eigenvalue weighted by Gasteiger charge is 2.30. The second kappa shape index (κ2) is 3.37. The Morgan fingerprint density at radius 2 is 1.82 bits per heavy atom. The molecule has 1 atom stereocenters. The van der Waals surface area contributed by atoms with E-state index in [-0.39, 0.29) is 5.54 Å². The van der Waals surface area contributed by atoms with Crippen LogP contribution in [0, 0.1) is 0 Å². The lowest BCUT2D eigenvalue weighted by molar-refractivity contribution is 0.0421. The van der Waals surface area contributed by atoms with Crippen molar-refractivity contribution in [1.29, 1.82) is 0 Å². The van der Waals surface area contributed by atoms with Crippen molar-refractivity contribution < 1.29 is 5.11 Å². The number of aliphatic hydroxyl groups excluding tert-OH is 1. The smallest absolute Gasteiger partial charge is 0.0922 e. The van der Waals surface area contributed by atoms with Crippen molar-refractivity contribution >= 4 is 0 Å². The lowest BCUT2D eigenvalue weighted by Gasteiger charge is -2.37. The molecule has 1 unspecified atom stereocenters. The number of nitrogens with zero attached hydrogens (tertiary/aromatic N) is 1. The zero-order chi connectivity index (χ0) is 9.23. The van der Waals surface area contributed by atoms with Crippen molar-refractivity contribution in [2.24, 2.45) is 0 Å². The maximum atomic E-state index is 9.68. The molecule has 0 saturated heterocycles. The van der Waals surface area contributed by atoms with Crippen LogP contribution in [0.15, 0.2) is 12.2 Å². The predicted octanol–water partition coefficient (Wildman–Crippen LogP) is 1.26. The lowest BCUT2D eigenvalue weighted by atomic mass is 9.91. The van der Waals surface area contributed by atoms with Crippen molar-refractivity contribution in [3.8, 4) is 0 Å². The van der Waals surface area contributed by atoms with Crippen LogP contribution in [0.3, 0.4) is 0 Å². The number of rotatable bonds is 3. The second-order valence-corrected chi connectivity index (χ2v) is 3.80. The van der Waals surface area contributed by atoms with E-state index in [9.17, 15) is 5.11 Å². The molecule has 0 spiro atoms. The van der Waals surface area contributed by atoms with Crippen LogP contribution in [-0.2, 0) is 0 Å². The molecule has 0 heterocycles. The molecular weight excluding hydrogens is 138 g/mol. The fourth-order valence-electron chi connectivity index (χ4n) is 0.848. The summed E-state index contributed by atoms with van der Waals surface area (Å²) in [6.07, 6.45) is -0.461. The maximum Gasteiger partial charge on any atom is 0.0922 e. The van der Waals surface area contributed by atoms with E-state index in [4.69, 9.17) is 0 Å². The van der Waals surface area contributed by atoms with Gasteiger partial charge in [-0.25, -0.2) is 0 Å². The topological polar surface area (TPSA) is 23.5 Å². The first-order valence-corrected chi connectivity index (χ1v) is 3.81. The van der Waals surface area contributed by atoms with E-state index in [0.29, 0.717) is 0 Å². The summed E-state index contributed by atoms with van der Waals surface area (Å²) in [6.45, 7) is 9.56. The van der Waals surface area contributed by atoms with Gasteiger partial charge in [0.05, 0.1) is 6.10 Å². The van der Waals surface area contributed by atoms with E-state index in [0.717, 1.165) is 5.57 Å². The van der Waals surface area contributed by atoms with E-state index in [1.165, 1.54) is 0 Å². The second-order valence-electron chi connectivity index (χ2n) is 3.80. The Bertz CT molecular complexity index is 150. The minimum absolute atomic E-state index is 0.230. The first kappa shape index (κ1) is 10.7. The Morgan fingerprint density at radius 3 is 1.91 bits per heavy atom. The molecule has 0 aromatic rings. The number of hydrogen-bond acceptors (Lipinski definition) is 2. The molecule has 1 N–H and O–H groups in total. The monoisotopic (exact) mass is 157 g/mol. The van der Waals surface area contributed by atoms with E-state index >= 15 is 0 Å². The Kier molecular flexibility index (Phi) is 3.27. The lowest BCUT2D eigenvalue weighted by Crippen LogP contribution is -2.48. The summed E-state index contributed by atoms with van der Waals surface area (Å²) in [5.41, 5.74) is 0.579. The van der Waals surface area contributed by atoms with Gasteiger partial charge in [0.2, 0.25) is 0 Å². The third-order valence-electron chi connectivity index (χ3n) is 2.29. The number of likely N-dealkylation sites (N-methyl/N-ethyl adjacent to an activating group) is 1. The number of aliphatic hydroxyl groups is 1. The Labute approximate surface area is 69.5 Å². The highest BCUT2D eigenvalue weighted by Crippen LogP contribution is 2.19. The van der Waals surface area contributed by atoms with Gasteiger partial charge in [-0.15, -0.1) is 0 Å². The molecule has 0 rings (SSSR count). The van der Waals surface area contributed by atoms with Gasteiger partial charge in [0, 0.05) is 5.54 Å². The van der Waals surface area contributed by atoms with E-state index in [2.05, 4.69) is 6.58 Å². The van der Waals surface area contributed by atoms with Crippen molar-refractivity contribution in [2.75, 3.05) is 14.1 Å². The molecular formula is C9H19NO. The van der Waals surface area contributed by atoms with Crippen LogP contribution in [0.1, 0.15) is 20.8 Å². The molecule has 0 aliphatic rings. The third kappa shape index (κ3) is 2.31. The van der Waals surface area contributed by atoms with Gasteiger partial charge in [0.15, 0.2) is 0 Å². The zero-order valence-corrected chi connectivity index (χ0v) is 8.18. The molecule has 11 heavy (non-hydrogen) atoms. The van der Waals surface area contributed by atoms with Crippen molar-refractivity contribution in [3.05, 3.63) is 12.2 Å². The van der Waals surface area contributed by atoms with Gasteiger partial charge < -0.3 is 10.0 Å². The molecule has 0 amide bonds. The molecule has 0 aliphatic carbocycles. The molecule has 0 aliphatic heterocycles. The summed E-state index contributed by atoms with van der Waals surface area (Å²) in [5, 5.41) is 9.68. The normalized spacial score (nSPS) is 15.2. The quantitative estimate of drug-likeness (QED) is 0.623. The van der Waals surface area contributed by atoms with Crippen LogP contribution in [-0.4, -0.2) is 35.7 Å². The Hall–Kier alpha value is -0.340. The molecule has 2 nitrogen and oxygen atoms in total. The minimum Gasteiger partial charge on any atom is -0.387 e. The van der Waals surface area contributed by atoms with Crippen LogP contribution >= 0.6 is 0 Å². The zero-order valence-electron chi connectivity index (χ0n) is 8.18. The largest absolute Gasteiger partial charge is 0.387 e. The van der Waals surface area contributed by atoms with Crippen molar-refractivity contribution in [3.63, 3.8) is 0 Å². The fourth-order valence-corrected chi connectivity index (χ4v) is 0.848. The summed E-state index contributed by atoms with van der Waals surface area (Å²) in [4.78, 5) is 1.99. The van der Waals surface area contributed by atoms with Crippen LogP contribution in [0.2, 0.25) is 0 Å². The van der Waals surface area contributed by atoms with Gasteiger partial charge in [0.1, 0.15) is 0 Å².